The summed E-state index contributed by atoms with van der Waals surface area (Å²) in [6, 6.07) is 12.9. The van der Waals surface area contributed by atoms with E-state index in [2.05, 4.69) is 52.8 Å². The van der Waals surface area contributed by atoms with Crippen LogP contribution in [0.1, 0.15) is 27.9 Å². The molecule has 0 saturated carbocycles. The Morgan fingerprint density at radius 1 is 1.07 bits per heavy atom. The molecule has 40 heavy (non-hydrogen) atoms. The number of carbonyl (C=O) groups is 1. The summed E-state index contributed by atoms with van der Waals surface area (Å²) >= 11 is 9.75. The molecule has 0 aliphatic carbocycles. The molecule has 0 bridgehead atoms. The molecule has 0 amide bonds. The molecule has 2 aliphatic rings. The number of halogens is 7. The average Bonchev–Trinajstić information content (AvgIpc) is 3.11. The standard InChI is InChI=1S/C17H14BrFN2O3.C7H4Br2O2.CH3BF.F2/c18-9-1-2-14-11(5-9)17(8-23-4-3-15(20)21-17)12-6-10(22)7-13(19)16(12)24-14;8-4-1-2-6(9)5(3-4)7(10)11;1-2-3;1-2/h1-2,5-7,22H,3-4,8H2,(H2,20,21);1-3H,(H,10,11);1H3;. The molecule has 0 fully saturated rings. The molecule has 2 aliphatic heterocycles. The number of hydrogen-bond acceptors (Lipinski definition) is 6. The Hall–Kier alpha value is -2.62. The number of carboxylic acids is 1. The minimum atomic E-state index is -1.06. The fourth-order valence-corrected chi connectivity index (χ4v) is 4.97. The smallest absolute Gasteiger partial charge is 0.351 e. The summed E-state index contributed by atoms with van der Waals surface area (Å²) < 4.78 is 54.2. The topological polar surface area (TPSA) is 114 Å². The van der Waals surface area contributed by atoms with Crippen molar-refractivity contribution in [2.75, 3.05) is 13.2 Å². The molecule has 3 aromatic rings. The highest BCUT2D eigenvalue weighted by Crippen LogP contribution is 2.52. The highest BCUT2D eigenvalue weighted by molar-refractivity contribution is 9.11. The molecule has 213 valence electrons. The molecular formula is C25H21BBr3F4N2O5. The van der Waals surface area contributed by atoms with Crippen LogP contribution in [0, 0.1) is 5.82 Å². The van der Waals surface area contributed by atoms with E-state index in [4.69, 9.17) is 29.5 Å². The second-order valence-corrected chi connectivity index (χ2v) is 10.6. The Balaban J connectivity index is 0.000000293. The van der Waals surface area contributed by atoms with Crippen molar-refractivity contribution in [3.8, 4) is 17.2 Å². The number of carboxylic acid groups (broad SMARTS) is 1. The lowest BCUT2D eigenvalue weighted by molar-refractivity contribution is 0.0695. The number of aliphatic imine (C=N–C) groups is 1. The second-order valence-electron chi connectivity index (χ2n) is 7.96. The number of hydrogen-bond donors (Lipinski definition) is 3. The zero-order valence-electron chi connectivity index (χ0n) is 20.6. The van der Waals surface area contributed by atoms with E-state index in [-0.39, 0.29) is 23.7 Å². The van der Waals surface area contributed by atoms with Crippen molar-refractivity contribution in [2.24, 2.45) is 10.7 Å². The summed E-state index contributed by atoms with van der Waals surface area (Å²) in [5.74, 6) is -0.864. The number of phenols is 1. The van der Waals surface area contributed by atoms with Gasteiger partial charge in [0.1, 0.15) is 17.0 Å². The van der Waals surface area contributed by atoms with Gasteiger partial charge in [0.2, 0.25) is 0 Å². The third-order valence-electron chi connectivity index (χ3n) is 5.38. The number of rotatable bonds is 1. The highest BCUT2D eigenvalue weighted by Gasteiger charge is 2.45. The van der Waals surface area contributed by atoms with Gasteiger partial charge in [-0.1, -0.05) is 38.7 Å². The van der Waals surface area contributed by atoms with E-state index >= 15 is 0 Å². The first-order chi connectivity index (χ1) is 19.0. The molecule has 5 rings (SSSR count). The molecular weight excluding hydrogens is 735 g/mol. The molecule has 1 radical (unpaired) electrons. The van der Waals surface area contributed by atoms with Crippen molar-refractivity contribution in [3.05, 3.63) is 84.5 Å². The number of aromatic carboxylic acids is 1. The van der Waals surface area contributed by atoms with Crippen molar-refractivity contribution >= 4 is 67.2 Å². The van der Waals surface area contributed by atoms with Gasteiger partial charge in [-0.25, -0.2) is 9.18 Å². The summed E-state index contributed by atoms with van der Waals surface area (Å²) in [6.45, 7) is 1.94. The van der Waals surface area contributed by atoms with Gasteiger partial charge in [0.15, 0.2) is 11.6 Å². The molecule has 1 atom stereocenters. The van der Waals surface area contributed by atoms with Gasteiger partial charge in [-0.15, -0.1) is 0 Å². The maximum Gasteiger partial charge on any atom is 0.351 e. The van der Waals surface area contributed by atoms with Gasteiger partial charge in [0.25, 0.3) is 0 Å². The molecule has 7 nitrogen and oxygen atoms in total. The third-order valence-corrected chi connectivity index (χ3v) is 7.06. The number of nitrogens with two attached hydrogens (primary N) is 1. The van der Waals surface area contributed by atoms with E-state index in [1.807, 2.05) is 6.07 Å². The minimum absolute atomic E-state index is 0.0321. The van der Waals surface area contributed by atoms with Crippen LogP contribution in [0.4, 0.5) is 17.9 Å². The van der Waals surface area contributed by atoms with Crippen LogP contribution in [0.3, 0.4) is 0 Å². The van der Waals surface area contributed by atoms with E-state index in [1.165, 1.54) is 12.9 Å². The summed E-state index contributed by atoms with van der Waals surface area (Å²) in [7, 11) is 0.500. The Labute approximate surface area is 252 Å². The number of benzene rings is 3. The Morgan fingerprint density at radius 2 is 1.70 bits per heavy atom. The average molecular weight is 756 g/mol. The predicted octanol–water partition coefficient (Wildman–Crippen LogP) is 7.79. The Morgan fingerprint density at radius 3 is 2.33 bits per heavy atom. The lowest BCUT2D eigenvalue weighted by Gasteiger charge is -2.36. The van der Waals surface area contributed by atoms with E-state index in [9.17, 15) is 18.6 Å². The van der Waals surface area contributed by atoms with Crippen LogP contribution in [0.25, 0.3) is 0 Å². The molecule has 15 heteroatoms. The Bertz CT molecular complexity index is 1390. The summed E-state index contributed by atoms with van der Waals surface area (Å²) in [5, 5.41) is 18.5. The normalized spacial score (nSPS) is 16.4. The van der Waals surface area contributed by atoms with Crippen LogP contribution in [0.15, 0.2) is 66.9 Å². The summed E-state index contributed by atoms with van der Waals surface area (Å²) in [4.78, 5) is 15.2. The lowest BCUT2D eigenvalue weighted by Crippen LogP contribution is -2.35. The minimum Gasteiger partial charge on any atom is -0.508 e. The molecule has 0 aromatic heterocycles. The first-order valence-corrected chi connectivity index (χ1v) is 13.5. The fourth-order valence-electron chi connectivity index (χ4n) is 3.83. The first-order valence-electron chi connectivity index (χ1n) is 11.2. The largest absolute Gasteiger partial charge is 0.508 e. The van der Waals surface area contributed by atoms with Crippen molar-refractivity contribution in [2.45, 2.75) is 18.8 Å². The van der Waals surface area contributed by atoms with E-state index in [0.29, 0.717) is 47.8 Å². The molecule has 2 heterocycles. The van der Waals surface area contributed by atoms with Crippen LogP contribution >= 0.6 is 47.8 Å². The van der Waals surface area contributed by atoms with Crippen LogP contribution in [-0.2, 0) is 10.3 Å². The lowest BCUT2D eigenvalue weighted by atomic mass is 9.81. The highest BCUT2D eigenvalue weighted by atomic mass is 79.9. The molecule has 4 N–H and O–H groups in total. The number of fused-ring (bicyclic) bond motifs is 4. The van der Waals surface area contributed by atoms with Crippen molar-refractivity contribution in [3.63, 3.8) is 0 Å². The van der Waals surface area contributed by atoms with Gasteiger partial charge in [0, 0.05) is 46.2 Å². The monoisotopic (exact) mass is 753 g/mol. The quantitative estimate of drug-likeness (QED) is 0.173. The Kier molecular flexibility index (Phi) is 12.9. The predicted molar refractivity (Wildman–Crippen MR) is 154 cm³/mol. The number of aromatic hydroxyl groups is 1. The van der Waals surface area contributed by atoms with Crippen molar-refractivity contribution < 1.29 is 42.3 Å². The number of amidine groups is 1. The van der Waals surface area contributed by atoms with Crippen molar-refractivity contribution in [1.29, 1.82) is 0 Å². The number of ether oxygens (including phenoxy) is 2. The van der Waals surface area contributed by atoms with Crippen molar-refractivity contribution in [1.82, 2.24) is 0 Å². The second kappa shape index (κ2) is 15.4. The SMILES string of the molecule is C[B]F.FF.NC1=NC2(COCC1)c1cc(Br)ccc1Oc1c(F)cc(O)cc12.O=C(O)c1cc(Br)ccc1Br. The van der Waals surface area contributed by atoms with Gasteiger partial charge in [0.05, 0.1) is 24.6 Å². The molecule has 1 unspecified atom stereocenters. The van der Waals surface area contributed by atoms with E-state index in [1.54, 1.807) is 30.3 Å². The number of nitrogens with zero attached hydrogens (tertiary/aromatic N) is 1. The maximum atomic E-state index is 14.4. The third kappa shape index (κ3) is 7.98. The van der Waals surface area contributed by atoms with Gasteiger partial charge in [-0.05, 0) is 58.4 Å². The zero-order chi connectivity index (χ0) is 30.0. The fraction of sp³-hybridized carbons (Fsp3) is 0.200. The van der Waals surface area contributed by atoms with Gasteiger partial charge < -0.3 is 29.7 Å². The van der Waals surface area contributed by atoms with Gasteiger partial charge in [-0.2, -0.15) is 0 Å². The first kappa shape index (κ1) is 33.6. The zero-order valence-corrected chi connectivity index (χ0v) is 25.4. The van der Waals surface area contributed by atoms with Crippen LogP contribution in [0.5, 0.6) is 17.2 Å². The number of phenolic OH excluding ortho intramolecular Hbond substituents is 1. The maximum absolute atomic E-state index is 14.4. The molecule has 1 spiro atoms. The van der Waals surface area contributed by atoms with E-state index in [0.717, 1.165) is 15.0 Å². The van der Waals surface area contributed by atoms with Gasteiger partial charge in [-0.3, -0.25) is 4.99 Å². The van der Waals surface area contributed by atoms with Crippen LogP contribution < -0.4 is 10.5 Å². The van der Waals surface area contributed by atoms with E-state index < -0.39 is 17.3 Å². The summed E-state index contributed by atoms with van der Waals surface area (Å²) in [5.41, 5.74) is 6.34. The van der Waals surface area contributed by atoms with Gasteiger partial charge >= 0.3 is 13.5 Å². The van der Waals surface area contributed by atoms with Crippen LogP contribution in [-0.4, -0.2) is 42.8 Å². The van der Waals surface area contributed by atoms with Crippen LogP contribution in [0.2, 0.25) is 6.82 Å². The summed E-state index contributed by atoms with van der Waals surface area (Å²) in [6.07, 6.45) is 0.489. The molecule has 0 saturated heterocycles. The molecule has 3 aromatic carbocycles.